The molecular weight excluding hydrogens is 358 g/mol. The highest BCUT2D eigenvalue weighted by molar-refractivity contribution is 7.13. The molecule has 1 amide bonds. The van der Waals surface area contributed by atoms with Crippen molar-refractivity contribution in [1.82, 2.24) is 4.98 Å². The zero-order chi connectivity index (χ0) is 18.5. The molecule has 0 saturated carbocycles. The zero-order valence-corrected chi connectivity index (χ0v) is 14.7. The number of hydrogen-bond donors (Lipinski definition) is 1. The molecule has 3 rings (SSSR count). The summed E-state index contributed by atoms with van der Waals surface area (Å²) in [4.78, 5) is 16.6. The number of carbonyl (C=O) groups excluding carboxylic acids is 1. The highest BCUT2D eigenvalue weighted by atomic mass is 32.1. The Kier molecular flexibility index (Phi) is 5.58. The van der Waals surface area contributed by atoms with Gasteiger partial charge in [0.2, 0.25) is 5.91 Å². The van der Waals surface area contributed by atoms with Crippen molar-refractivity contribution in [2.24, 2.45) is 0 Å². The van der Waals surface area contributed by atoms with E-state index in [2.05, 4.69) is 15.0 Å². The van der Waals surface area contributed by atoms with E-state index in [4.69, 9.17) is 0 Å². The third-order valence-electron chi connectivity index (χ3n) is 3.56. The molecule has 0 fully saturated rings. The van der Waals surface area contributed by atoms with Gasteiger partial charge in [-0.25, -0.2) is 4.98 Å². The van der Waals surface area contributed by atoms with Crippen molar-refractivity contribution in [1.29, 1.82) is 0 Å². The molecule has 0 aliphatic rings. The Morgan fingerprint density at radius 3 is 2.50 bits per heavy atom. The summed E-state index contributed by atoms with van der Waals surface area (Å²) in [5.41, 5.74) is 3.38. The summed E-state index contributed by atoms with van der Waals surface area (Å²) < 4.78 is 28.5. The van der Waals surface area contributed by atoms with E-state index < -0.39 is 6.61 Å². The van der Waals surface area contributed by atoms with E-state index >= 15 is 0 Å². The number of rotatable bonds is 6. The second kappa shape index (κ2) is 8.05. The molecule has 4 nitrogen and oxygen atoms in total. The van der Waals surface area contributed by atoms with Crippen molar-refractivity contribution in [3.8, 4) is 16.3 Å². The van der Waals surface area contributed by atoms with Gasteiger partial charge in [-0.15, -0.1) is 11.3 Å². The lowest BCUT2D eigenvalue weighted by Crippen LogP contribution is -2.14. The van der Waals surface area contributed by atoms with Crippen molar-refractivity contribution >= 4 is 22.9 Å². The molecule has 1 heterocycles. The van der Waals surface area contributed by atoms with Crippen LogP contribution in [0, 0.1) is 6.92 Å². The number of nitrogens with zero attached hydrogens (tertiary/aromatic N) is 1. The van der Waals surface area contributed by atoms with Gasteiger partial charge in [-0.05, 0) is 31.2 Å². The van der Waals surface area contributed by atoms with E-state index in [-0.39, 0.29) is 18.1 Å². The minimum Gasteiger partial charge on any atom is -0.435 e. The van der Waals surface area contributed by atoms with Crippen molar-refractivity contribution in [3.63, 3.8) is 0 Å². The number of hydrogen-bond acceptors (Lipinski definition) is 4. The van der Waals surface area contributed by atoms with Gasteiger partial charge in [-0.1, -0.05) is 29.8 Å². The first kappa shape index (κ1) is 18.0. The van der Waals surface area contributed by atoms with E-state index in [1.165, 1.54) is 41.2 Å². The predicted octanol–water partition coefficient (Wildman–Crippen LogP) is 4.90. The maximum Gasteiger partial charge on any atom is 0.387 e. The number of aryl methyl sites for hydroxylation is 1. The molecule has 0 spiro atoms. The molecule has 26 heavy (non-hydrogen) atoms. The molecule has 0 saturated heterocycles. The minimum absolute atomic E-state index is 0.0419. The molecule has 0 radical (unpaired) electrons. The average Bonchev–Trinajstić information content (AvgIpc) is 3.05. The topological polar surface area (TPSA) is 51.2 Å². The van der Waals surface area contributed by atoms with Crippen LogP contribution in [0.15, 0.2) is 53.9 Å². The number of nitrogens with one attached hydrogen (secondary N) is 1. The Morgan fingerprint density at radius 2 is 1.85 bits per heavy atom. The lowest BCUT2D eigenvalue weighted by Gasteiger charge is -2.07. The maximum absolute atomic E-state index is 12.1. The Labute approximate surface area is 153 Å². The summed E-state index contributed by atoms with van der Waals surface area (Å²) in [6.45, 7) is -0.851. The lowest BCUT2D eigenvalue weighted by molar-refractivity contribution is -0.115. The van der Waals surface area contributed by atoms with Gasteiger partial charge in [0.05, 0.1) is 12.1 Å². The van der Waals surface area contributed by atoms with Crippen LogP contribution < -0.4 is 10.1 Å². The molecule has 1 N–H and O–H groups in total. The van der Waals surface area contributed by atoms with Gasteiger partial charge in [0.25, 0.3) is 0 Å². The maximum atomic E-state index is 12.1. The van der Waals surface area contributed by atoms with Gasteiger partial charge in [-0.2, -0.15) is 8.78 Å². The fourth-order valence-corrected chi connectivity index (χ4v) is 3.13. The number of thiazole rings is 1. The monoisotopic (exact) mass is 374 g/mol. The summed E-state index contributed by atoms with van der Waals surface area (Å²) in [7, 11) is 0. The molecule has 7 heteroatoms. The first-order chi connectivity index (χ1) is 12.5. The number of alkyl halides is 2. The largest absolute Gasteiger partial charge is 0.435 e. The van der Waals surface area contributed by atoms with Gasteiger partial charge < -0.3 is 10.1 Å². The molecular formula is C19H16F2N2O2S. The molecule has 0 unspecified atom stereocenters. The quantitative estimate of drug-likeness (QED) is 0.668. The highest BCUT2D eigenvalue weighted by Crippen LogP contribution is 2.24. The second-order valence-electron chi connectivity index (χ2n) is 5.64. The fraction of sp³-hybridized carbons (Fsp3) is 0.158. The summed E-state index contributed by atoms with van der Waals surface area (Å²) in [5, 5.41) is 5.43. The van der Waals surface area contributed by atoms with Crippen LogP contribution >= 0.6 is 11.3 Å². The van der Waals surface area contributed by atoms with Crippen LogP contribution in [0.4, 0.5) is 14.5 Å². The van der Waals surface area contributed by atoms with E-state index in [1.54, 1.807) is 0 Å². The molecule has 2 aromatic carbocycles. The van der Waals surface area contributed by atoms with Crippen LogP contribution in [0.25, 0.3) is 10.6 Å². The average molecular weight is 374 g/mol. The molecule has 0 aliphatic heterocycles. The summed E-state index contributed by atoms with van der Waals surface area (Å²) in [6.07, 6.45) is 0.137. The van der Waals surface area contributed by atoms with Crippen LogP contribution in [-0.4, -0.2) is 17.5 Å². The number of amides is 1. The second-order valence-corrected chi connectivity index (χ2v) is 6.50. The standard InChI is InChI=1S/C19H16F2N2O2S/c1-12-2-4-13(5-3-12)18-23-15(11-26-18)10-17(24)22-14-6-8-16(9-7-14)25-19(20)21/h2-9,11,19H,10H2,1H3,(H,22,24). The smallest absolute Gasteiger partial charge is 0.387 e. The van der Waals surface area contributed by atoms with Gasteiger partial charge in [0.15, 0.2) is 0 Å². The molecule has 0 atom stereocenters. The lowest BCUT2D eigenvalue weighted by atomic mass is 10.2. The Bertz CT molecular complexity index is 877. The first-order valence-electron chi connectivity index (χ1n) is 7.86. The number of halogens is 2. The Hall–Kier alpha value is -2.80. The Morgan fingerprint density at radius 1 is 1.15 bits per heavy atom. The van der Waals surface area contributed by atoms with Gasteiger partial charge in [-0.3, -0.25) is 4.79 Å². The third-order valence-corrected chi connectivity index (χ3v) is 4.50. The van der Waals surface area contributed by atoms with Crippen LogP contribution in [0.3, 0.4) is 0 Å². The van der Waals surface area contributed by atoms with Crippen LogP contribution in [0.2, 0.25) is 0 Å². The molecule has 0 bridgehead atoms. The van der Waals surface area contributed by atoms with Crippen LogP contribution in [0.5, 0.6) is 5.75 Å². The number of ether oxygens (including phenoxy) is 1. The minimum atomic E-state index is -2.87. The van der Waals surface area contributed by atoms with Gasteiger partial charge in [0, 0.05) is 16.6 Å². The number of anilines is 1. The van der Waals surface area contributed by atoms with E-state index in [0.717, 1.165) is 10.6 Å². The van der Waals surface area contributed by atoms with Crippen molar-refractivity contribution in [2.75, 3.05) is 5.32 Å². The van der Waals surface area contributed by atoms with Crippen molar-refractivity contribution in [2.45, 2.75) is 20.0 Å². The van der Waals surface area contributed by atoms with E-state index in [9.17, 15) is 13.6 Å². The van der Waals surface area contributed by atoms with Crippen molar-refractivity contribution < 1.29 is 18.3 Å². The number of aromatic nitrogens is 1. The summed E-state index contributed by atoms with van der Waals surface area (Å²) in [6, 6.07) is 13.8. The fourth-order valence-electron chi connectivity index (χ4n) is 2.31. The first-order valence-corrected chi connectivity index (χ1v) is 8.74. The summed E-state index contributed by atoms with van der Waals surface area (Å²) >= 11 is 1.49. The normalized spacial score (nSPS) is 10.8. The van der Waals surface area contributed by atoms with Gasteiger partial charge in [0.1, 0.15) is 10.8 Å². The van der Waals surface area contributed by atoms with Gasteiger partial charge >= 0.3 is 6.61 Å². The molecule has 3 aromatic rings. The molecule has 1 aromatic heterocycles. The van der Waals surface area contributed by atoms with E-state index in [0.29, 0.717) is 11.4 Å². The Balaban J connectivity index is 1.59. The molecule has 134 valence electrons. The van der Waals surface area contributed by atoms with Crippen LogP contribution in [0.1, 0.15) is 11.3 Å². The third kappa shape index (κ3) is 4.86. The predicted molar refractivity (Wildman–Crippen MR) is 97.7 cm³/mol. The highest BCUT2D eigenvalue weighted by Gasteiger charge is 2.10. The number of benzene rings is 2. The van der Waals surface area contributed by atoms with Crippen LogP contribution in [-0.2, 0) is 11.2 Å². The van der Waals surface area contributed by atoms with Crippen molar-refractivity contribution in [3.05, 3.63) is 65.2 Å². The number of carbonyl (C=O) groups is 1. The zero-order valence-electron chi connectivity index (χ0n) is 13.9. The summed E-state index contributed by atoms with van der Waals surface area (Å²) in [5.74, 6) is -0.187. The molecule has 0 aliphatic carbocycles. The SMILES string of the molecule is Cc1ccc(-c2nc(CC(=O)Nc3ccc(OC(F)F)cc3)cs2)cc1. The van der Waals surface area contributed by atoms with E-state index in [1.807, 2.05) is 36.6 Å².